The molecule has 0 saturated carbocycles. The fraction of sp³-hybridized carbons (Fsp3) is 0.474. The Labute approximate surface area is 151 Å². The molecule has 0 amide bonds. The van der Waals surface area contributed by atoms with Gasteiger partial charge in [0.15, 0.2) is 0 Å². The molecule has 2 nitrogen and oxygen atoms in total. The normalized spacial score (nSPS) is 27.4. The fourth-order valence-electron chi connectivity index (χ4n) is 4.08. The van der Waals surface area contributed by atoms with E-state index in [9.17, 15) is 4.39 Å². The Morgan fingerprint density at radius 3 is 3.08 bits per heavy atom. The lowest BCUT2D eigenvalue weighted by Crippen LogP contribution is -2.49. The van der Waals surface area contributed by atoms with Crippen LogP contribution in [0.15, 0.2) is 30.3 Å². The van der Waals surface area contributed by atoms with Gasteiger partial charge in [-0.3, -0.25) is 4.90 Å². The Morgan fingerprint density at radius 1 is 1.42 bits per heavy atom. The van der Waals surface area contributed by atoms with E-state index >= 15 is 0 Å². The molecule has 2 atom stereocenters. The van der Waals surface area contributed by atoms with E-state index in [-0.39, 0.29) is 11.4 Å². The van der Waals surface area contributed by atoms with Crippen LogP contribution in [0.1, 0.15) is 35.8 Å². The molecule has 1 aromatic heterocycles. The molecule has 128 valence electrons. The molecule has 1 fully saturated rings. The molecule has 1 aromatic carbocycles. The average molecular weight is 366 g/mol. The van der Waals surface area contributed by atoms with Gasteiger partial charge in [-0.25, -0.2) is 4.39 Å². The number of rotatable bonds is 2. The predicted octanol–water partition coefficient (Wildman–Crippen LogP) is 4.99. The maximum Gasteiger partial charge on any atom is 0.123 e. The summed E-state index contributed by atoms with van der Waals surface area (Å²) >= 11 is 7.93. The maximum atomic E-state index is 13.4. The van der Waals surface area contributed by atoms with Gasteiger partial charge in [0, 0.05) is 24.0 Å². The number of piperidine rings is 1. The molecule has 0 aliphatic carbocycles. The number of hydrogen-bond donors (Lipinski definition) is 0. The highest BCUT2D eigenvalue weighted by atomic mass is 35.5. The van der Waals surface area contributed by atoms with E-state index in [0.29, 0.717) is 6.04 Å². The van der Waals surface area contributed by atoms with Crippen LogP contribution in [0.3, 0.4) is 0 Å². The largest absolute Gasteiger partial charge is 0.369 e. The monoisotopic (exact) mass is 365 g/mol. The third-order valence-electron chi connectivity index (χ3n) is 5.27. The molecule has 24 heavy (non-hydrogen) atoms. The van der Waals surface area contributed by atoms with Gasteiger partial charge in [-0.2, -0.15) is 0 Å². The highest BCUT2D eigenvalue weighted by molar-refractivity contribution is 7.16. The van der Waals surface area contributed by atoms with Crippen molar-refractivity contribution in [2.24, 2.45) is 0 Å². The highest BCUT2D eigenvalue weighted by Crippen LogP contribution is 2.48. The predicted molar refractivity (Wildman–Crippen MR) is 96.2 cm³/mol. The van der Waals surface area contributed by atoms with E-state index in [1.54, 1.807) is 23.5 Å². The molecule has 2 aliphatic rings. The van der Waals surface area contributed by atoms with Crippen LogP contribution in [0.25, 0.3) is 0 Å². The molecule has 0 radical (unpaired) electrons. The molecule has 1 saturated heterocycles. The number of fused-ring (bicyclic) bond motifs is 2. The van der Waals surface area contributed by atoms with E-state index in [4.69, 9.17) is 16.3 Å². The molecular weight excluding hydrogens is 345 g/mol. The third-order valence-corrected chi connectivity index (χ3v) is 6.76. The van der Waals surface area contributed by atoms with Gasteiger partial charge in [-0.05, 0) is 55.5 Å². The first-order valence-electron chi connectivity index (χ1n) is 8.47. The lowest BCUT2D eigenvalue weighted by atomic mass is 9.82. The molecular formula is C19H21ClFNOS. The van der Waals surface area contributed by atoms with Crippen molar-refractivity contribution < 1.29 is 9.13 Å². The standard InChI is InChI=1S/C19H21ClFNOS/c1-13-11-19(18-15(5-8-23-19)10-17(20)24-18)6-7-22(13)12-14-3-2-4-16(21)9-14/h2-4,9-10,13H,5-8,11-12H2,1H3/t13-,19+/m0/s1. The molecule has 3 heterocycles. The van der Waals surface area contributed by atoms with Crippen molar-refractivity contribution in [2.75, 3.05) is 13.2 Å². The van der Waals surface area contributed by atoms with Crippen molar-refractivity contribution in [2.45, 2.75) is 44.4 Å². The zero-order chi connectivity index (χ0) is 16.7. The Hall–Kier alpha value is -0.940. The molecule has 2 aromatic rings. The summed E-state index contributed by atoms with van der Waals surface area (Å²) in [7, 11) is 0. The Morgan fingerprint density at radius 2 is 2.29 bits per heavy atom. The summed E-state index contributed by atoms with van der Waals surface area (Å²) in [6.45, 7) is 4.75. The third kappa shape index (κ3) is 3.01. The lowest BCUT2D eigenvalue weighted by molar-refractivity contribution is -0.110. The van der Waals surface area contributed by atoms with Gasteiger partial charge in [0.1, 0.15) is 11.4 Å². The van der Waals surface area contributed by atoms with Crippen molar-refractivity contribution >= 4 is 22.9 Å². The second-order valence-electron chi connectivity index (χ2n) is 6.90. The average Bonchev–Trinajstić information content (AvgIpc) is 2.93. The molecule has 1 spiro atoms. The summed E-state index contributed by atoms with van der Waals surface area (Å²) in [5, 5.41) is 0. The zero-order valence-corrected chi connectivity index (χ0v) is 15.3. The van der Waals surface area contributed by atoms with E-state index in [2.05, 4.69) is 17.9 Å². The first kappa shape index (κ1) is 16.5. The minimum atomic E-state index is -0.177. The second-order valence-corrected chi connectivity index (χ2v) is 8.58. The number of benzene rings is 1. The van der Waals surface area contributed by atoms with Crippen molar-refractivity contribution in [3.63, 3.8) is 0 Å². The smallest absolute Gasteiger partial charge is 0.123 e. The lowest BCUT2D eigenvalue weighted by Gasteiger charge is -2.47. The molecule has 5 heteroatoms. The van der Waals surface area contributed by atoms with Crippen LogP contribution < -0.4 is 0 Å². The van der Waals surface area contributed by atoms with Gasteiger partial charge in [0.05, 0.1) is 10.9 Å². The van der Waals surface area contributed by atoms with Crippen molar-refractivity contribution in [1.82, 2.24) is 4.90 Å². The SMILES string of the molecule is C[C@H]1C[C@@]2(CCN1Cc1cccc(F)c1)OCCc1cc(Cl)sc12. The van der Waals surface area contributed by atoms with Crippen LogP contribution in [0.4, 0.5) is 4.39 Å². The van der Waals surface area contributed by atoms with Gasteiger partial charge in [0.2, 0.25) is 0 Å². The summed E-state index contributed by atoms with van der Waals surface area (Å²) < 4.78 is 20.6. The number of ether oxygens (including phenoxy) is 1. The second kappa shape index (κ2) is 6.41. The van der Waals surface area contributed by atoms with Gasteiger partial charge in [-0.15, -0.1) is 11.3 Å². The molecule has 0 unspecified atom stereocenters. The zero-order valence-electron chi connectivity index (χ0n) is 13.7. The number of thiophene rings is 1. The number of halogens is 2. The summed E-state index contributed by atoms with van der Waals surface area (Å²) in [5.74, 6) is -0.165. The summed E-state index contributed by atoms with van der Waals surface area (Å²) in [6.07, 6.45) is 2.89. The van der Waals surface area contributed by atoms with Crippen molar-refractivity contribution in [1.29, 1.82) is 0 Å². The van der Waals surface area contributed by atoms with Gasteiger partial charge in [-0.1, -0.05) is 23.7 Å². The van der Waals surface area contributed by atoms with Gasteiger partial charge < -0.3 is 4.74 Å². The topological polar surface area (TPSA) is 12.5 Å². The van der Waals surface area contributed by atoms with Crippen molar-refractivity contribution in [3.05, 3.63) is 56.5 Å². The first-order valence-corrected chi connectivity index (χ1v) is 9.66. The van der Waals surface area contributed by atoms with Crippen LogP contribution in [-0.4, -0.2) is 24.1 Å². The number of nitrogens with zero attached hydrogens (tertiary/aromatic N) is 1. The number of likely N-dealkylation sites (tertiary alicyclic amines) is 1. The van der Waals surface area contributed by atoms with E-state index in [1.165, 1.54) is 16.5 Å². The minimum absolute atomic E-state index is 0.165. The fourth-order valence-corrected chi connectivity index (χ4v) is 5.57. The Kier molecular flexibility index (Phi) is 4.42. The minimum Gasteiger partial charge on any atom is -0.369 e. The van der Waals surface area contributed by atoms with Crippen LogP contribution in [-0.2, 0) is 23.3 Å². The van der Waals surface area contributed by atoms with Gasteiger partial charge in [0.25, 0.3) is 0 Å². The van der Waals surface area contributed by atoms with E-state index < -0.39 is 0 Å². The summed E-state index contributed by atoms with van der Waals surface area (Å²) in [4.78, 5) is 3.75. The van der Waals surface area contributed by atoms with Crippen LogP contribution >= 0.6 is 22.9 Å². The Balaban J connectivity index is 1.53. The summed E-state index contributed by atoms with van der Waals surface area (Å²) in [5.41, 5.74) is 2.22. The highest BCUT2D eigenvalue weighted by Gasteiger charge is 2.44. The van der Waals surface area contributed by atoms with E-state index in [1.807, 2.05) is 6.07 Å². The van der Waals surface area contributed by atoms with Gasteiger partial charge >= 0.3 is 0 Å². The van der Waals surface area contributed by atoms with Crippen LogP contribution in [0.5, 0.6) is 0 Å². The van der Waals surface area contributed by atoms with E-state index in [0.717, 1.165) is 48.9 Å². The van der Waals surface area contributed by atoms with Crippen LogP contribution in [0.2, 0.25) is 4.34 Å². The van der Waals surface area contributed by atoms with Crippen LogP contribution in [0, 0.1) is 5.82 Å². The molecule has 4 rings (SSSR count). The van der Waals surface area contributed by atoms with Crippen molar-refractivity contribution in [3.8, 4) is 0 Å². The first-order chi connectivity index (χ1) is 11.6. The number of hydrogen-bond acceptors (Lipinski definition) is 3. The maximum absolute atomic E-state index is 13.4. The summed E-state index contributed by atoms with van der Waals surface area (Å²) in [6, 6.07) is 9.39. The molecule has 2 aliphatic heterocycles. The molecule has 0 N–H and O–H groups in total. The Bertz CT molecular complexity index is 749. The molecule has 0 bridgehead atoms. The quantitative estimate of drug-likeness (QED) is 0.743.